The highest BCUT2D eigenvalue weighted by Gasteiger charge is 2.05. The maximum absolute atomic E-state index is 6.10. The maximum atomic E-state index is 6.10. The van der Waals surface area contributed by atoms with Gasteiger partial charge in [-0.05, 0) is 41.3 Å². The number of halogens is 1. The van der Waals surface area contributed by atoms with Crippen LogP contribution in [0.15, 0.2) is 54.7 Å². The summed E-state index contributed by atoms with van der Waals surface area (Å²) >= 11 is 6.10. The number of nitrogens with one attached hydrogen (secondary N) is 1. The molecule has 1 heterocycles. The molecular weight excluding hydrogens is 256 g/mol. The van der Waals surface area contributed by atoms with Crippen LogP contribution in [0.4, 0.5) is 5.69 Å². The third kappa shape index (κ3) is 2.32. The van der Waals surface area contributed by atoms with Crippen LogP contribution in [0, 0.1) is 0 Å². The lowest BCUT2D eigenvalue weighted by atomic mass is 10.1. The van der Waals surface area contributed by atoms with Crippen molar-refractivity contribution in [3.05, 3.63) is 65.3 Å². The van der Waals surface area contributed by atoms with Crippen molar-refractivity contribution in [2.75, 3.05) is 12.4 Å². The summed E-state index contributed by atoms with van der Waals surface area (Å²) in [7, 11) is 1.93. The Labute approximate surface area is 117 Å². The molecule has 0 spiro atoms. The zero-order valence-corrected chi connectivity index (χ0v) is 11.5. The van der Waals surface area contributed by atoms with Crippen molar-refractivity contribution >= 4 is 28.2 Å². The van der Waals surface area contributed by atoms with E-state index in [1.54, 1.807) is 0 Å². The topological polar surface area (TPSA) is 17.0 Å². The molecule has 0 saturated carbocycles. The van der Waals surface area contributed by atoms with Crippen molar-refractivity contribution in [3.63, 3.8) is 0 Å². The smallest absolute Gasteiger partial charge is 0.0497 e. The quantitative estimate of drug-likeness (QED) is 0.747. The first kappa shape index (κ1) is 12.1. The highest BCUT2D eigenvalue weighted by atomic mass is 35.5. The van der Waals surface area contributed by atoms with Gasteiger partial charge in [0, 0.05) is 36.0 Å². The van der Waals surface area contributed by atoms with Crippen molar-refractivity contribution in [1.82, 2.24) is 4.57 Å². The molecule has 1 N–H and O–H groups in total. The van der Waals surface area contributed by atoms with Crippen LogP contribution in [0.1, 0.15) is 5.56 Å². The Morgan fingerprint density at radius 1 is 1.11 bits per heavy atom. The van der Waals surface area contributed by atoms with E-state index in [4.69, 9.17) is 11.6 Å². The number of para-hydroxylation sites is 1. The fourth-order valence-electron chi connectivity index (χ4n) is 2.40. The van der Waals surface area contributed by atoms with Gasteiger partial charge < -0.3 is 9.88 Å². The monoisotopic (exact) mass is 270 g/mol. The minimum atomic E-state index is 0.769. The van der Waals surface area contributed by atoms with Gasteiger partial charge >= 0.3 is 0 Å². The van der Waals surface area contributed by atoms with E-state index in [9.17, 15) is 0 Å². The number of hydrogen-bond acceptors (Lipinski definition) is 1. The molecule has 0 bridgehead atoms. The average Bonchev–Trinajstić information content (AvgIpc) is 2.83. The molecule has 0 atom stereocenters. The fourth-order valence-corrected chi connectivity index (χ4v) is 2.59. The predicted molar refractivity (Wildman–Crippen MR) is 82.0 cm³/mol. The summed E-state index contributed by atoms with van der Waals surface area (Å²) in [5, 5.41) is 5.24. The number of hydrogen-bond donors (Lipinski definition) is 1. The number of aromatic nitrogens is 1. The van der Waals surface area contributed by atoms with Gasteiger partial charge in [0.2, 0.25) is 0 Å². The molecular formula is C16H15ClN2. The third-order valence-corrected chi connectivity index (χ3v) is 3.59. The second-order valence-corrected chi connectivity index (χ2v) is 4.99. The van der Waals surface area contributed by atoms with E-state index in [1.165, 1.54) is 16.5 Å². The minimum Gasteiger partial charge on any atom is -0.388 e. The van der Waals surface area contributed by atoms with E-state index in [0.29, 0.717) is 0 Å². The second-order valence-electron chi connectivity index (χ2n) is 4.55. The van der Waals surface area contributed by atoms with Gasteiger partial charge in [-0.3, -0.25) is 0 Å². The average molecular weight is 271 g/mol. The van der Waals surface area contributed by atoms with Gasteiger partial charge in [-0.2, -0.15) is 0 Å². The summed E-state index contributed by atoms with van der Waals surface area (Å²) < 4.78 is 2.24. The fraction of sp³-hybridized carbons (Fsp3) is 0.125. The molecule has 1 aromatic heterocycles. The van der Waals surface area contributed by atoms with Gasteiger partial charge in [-0.1, -0.05) is 29.8 Å². The Bertz CT molecular complexity index is 716. The van der Waals surface area contributed by atoms with Gasteiger partial charge in [0.1, 0.15) is 0 Å². The van der Waals surface area contributed by atoms with Gasteiger partial charge in [-0.25, -0.2) is 0 Å². The van der Waals surface area contributed by atoms with Crippen molar-refractivity contribution in [1.29, 1.82) is 0 Å². The molecule has 19 heavy (non-hydrogen) atoms. The highest BCUT2D eigenvalue weighted by Crippen LogP contribution is 2.23. The molecule has 0 unspecified atom stereocenters. The van der Waals surface area contributed by atoms with Crippen LogP contribution >= 0.6 is 11.6 Å². The number of rotatable bonds is 3. The Morgan fingerprint density at radius 3 is 2.79 bits per heavy atom. The molecule has 0 amide bonds. The first-order valence-electron chi connectivity index (χ1n) is 6.28. The molecule has 0 radical (unpaired) electrons. The van der Waals surface area contributed by atoms with Crippen LogP contribution in [0.5, 0.6) is 0 Å². The van der Waals surface area contributed by atoms with E-state index in [2.05, 4.69) is 46.4 Å². The first-order chi connectivity index (χ1) is 9.28. The Balaban J connectivity index is 2.03. The van der Waals surface area contributed by atoms with Crippen LogP contribution in [0.25, 0.3) is 10.9 Å². The zero-order valence-electron chi connectivity index (χ0n) is 10.7. The van der Waals surface area contributed by atoms with Crippen LogP contribution in [0.3, 0.4) is 0 Å². The molecule has 2 aromatic carbocycles. The van der Waals surface area contributed by atoms with E-state index >= 15 is 0 Å². The molecule has 0 fully saturated rings. The van der Waals surface area contributed by atoms with E-state index in [-0.39, 0.29) is 0 Å². The molecule has 3 rings (SSSR count). The third-order valence-electron chi connectivity index (χ3n) is 3.36. The lowest BCUT2D eigenvalue weighted by molar-refractivity contribution is 0.838. The van der Waals surface area contributed by atoms with Crippen molar-refractivity contribution in [3.8, 4) is 0 Å². The molecule has 96 valence electrons. The van der Waals surface area contributed by atoms with E-state index < -0.39 is 0 Å². The van der Waals surface area contributed by atoms with Gasteiger partial charge in [0.05, 0.1) is 0 Å². The molecule has 3 aromatic rings. The summed E-state index contributed by atoms with van der Waals surface area (Å²) in [6.45, 7) is 0.810. The molecule has 0 saturated heterocycles. The number of fused-ring (bicyclic) bond motifs is 1. The molecule has 3 heteroatoms. The van der Waals surface area contributed by atoms with Crippen LogP contribution < -0.4 is 5.32 Å². The van der Waals surface area contributed by atoms with E-state index in [1.807, 2.05) is 25.2 Å². The minimum absolute atomic E-state index is 0.769. The van der Waals surface area contributed by atoms with Crippen LogP contribution in [-0.2, 0) is 6.54 Å². The van der Waals surface area contributed by atoms with Crippen LogP contribution in [-0.4, -0.2) is 11.6 Å². The SMILES string of the molecule is CNc1ccc(Cl)cc1Cn1ccc2ccccc21. The molecule has 0 aliphatic heterocycles. The van der Waals surface area contributed by atoms with Gasteiger partial charge in [-0.15, -0.1) is 0 Å². The normalized spacial score (nSPS) is 10.8. The summed E-state index contributed by atoms with van der Waals surface area (Å²) in [5.74, 6) is 0. The predicted octanol–water partition coefficient (Wildman–Crippen LogP) is 4.38. The van der Waals surface area contributed by atoms with Crippen molar-refractivity contribution < 1.29 is 0 Å². The summed E-state index contributed by atoms with van der Waals surface area (Å²) in [6, 6.07) is 16.5. The van der Waals surface area contributed by atoms with E-state index in [0.717, 1.165) is 17.3 Å². The Kier molecular flexibility index (Phi) is 3.18. The van der Waals surface area contributed by atoms with Crippen molar-refractivity contribution in [2.45, 2.75) is 6.54 Å². The highest BCUT2D eigenvalue weighted by molar-refractivity contribution is 6.30. The van der Waals surface area contributed by atoms with Crippen LogP contribution in [0.2, 0.25) is 5.02 Å². The largest absolute Gasteiger partial charge is 0.388 e. The zero-order chi connectivity index (χ0) is 13.2. The molecule has 0 aliphatic rings. The van der Waals surface area contributed by atoms with Gasteiger partial charge in [0.25, 0.3) is 0 Å². The van der Waals surface area contributed by atoms with Gasteiger partial charge in [0.15, 0.2) is 0 Å². The standard InChI is InChI=1S/C16H15ClN2/c1-18-15-7-6-14(17)10-13(15)11-19-9-8-12-4-2-3-5-16(12)19/h2-10,18H,11H2,1H3. The molecule has 0 aliphatic carbocycles. The van der Waals surface area contributed by atoms with Crippen molar-refractivity contribution in [2.24, 2.45) is 0 Å². The number of anilines is 1. The summed E-state index contributed by atoms with van der Waals surface area (Å²) in [4.78, 5) is 0. The Morgan fingerprint density at radius 2 is 1.95 bits per heavy atom. The first-order valence-corrected chi connectivity index (χ1v) is 6.66. The lowest BCUT2D eigenvalue weighted by Crippen LogP contribution is -2.02. The summed E-state index contributed by atoms with van der Waals surface area (Å²) in [5.41, 5.74) is 3.54. The lowest BCUT2D eigenvalue weighted by Gasteiger charge is -2.11. The Hall–Kier alpha value is -1.93. The summed E-state index contributed by atoms with van der Waals surface area (Å²) in [6.07, 6.45) is 2.12. The number of nitrogens with zero attached hydrogens (tertiary/aromatic N) is 1. The maximum Gasteiger partial charge on any atom is 0.0497 e. The number of benzene rings is 2. The molecule has 2 nitrogen and oxygen atoms in total. The second kappa shape index (κ2) is 4.98.